The average molecular weight is 898 g/mol. The fourth-order valence-electron chi connectivity index (χ4n) is 7.89. The van der Waals surface area contributed by atoms with E-state index in [1.165, 1.54) is 4.90 Å². The standard InChI is InChI=1S/C46H67N5O11S/c1-32-41(63-31-49-32)34-13-11-33(12-14-34)28-48-43(54)39-27-35(52)29-51(39)44(55)42(46(2,3)4)50-40(53)15-17-57-19-21-59-23-25-61-26-24-60-22-20-58-18-16-47-45(56)62-30-38-36-9-7-5-6-8-10-37(36)38/h11-14,31,35-39,42,52H,7-10,15-30H2,1-4H3,(H,47,56)(H,48,54)(H,50,53)/t35-,36-,37+,38?,39+,42-/m1/s1. The number of fused-ring (bicyclic) bond motifs is 1. The van der Waals surface area contributed by atoms with E-state index in [0.29, 0.717) is 83.8 Å². The summed E-state index contributed by atoms with van der Waals surface area (Å²) in [6.45, 7) is 12.1. The fraction of sp³-hybridized carbons (Fsp3) is 0.674. The summed E-state index contributed by atoms with van der Waals surface area (Å²) >= 11 is 1.57. The van der Waals surface area contributed by atoms with Crippen LogP contribution in [0, 0.1) is 41.9 Å². The van der Waals surface area contributed by atoms with Gasteiger partial charge in [0.15, 0.2) is 0 Å². The highest BCUT2D eigenvalue weighted by Gasteiger charge is 2.49. The molecule has 63 heavy (non-hydrogen) atoms. The van der Waals surface area contributed by atoms with E-state index in [1.54, 1.807) is 11.3 Å². The summed E-state index contributed by atoms with van der Waals surface area (Å²) in [6.07, 6.45) is 2.98. The zero-order chi connectivity index (χ0) is 45.0. The van der Waals surface area contributed by atoms with Gasteiger partial charge in [-0.3, -0.25) is 14.4 Å². The number of benzene rings is 1. The smallest absolute Gasteiger partial charge is 0.407 e. The Bertz CT molecular complexity index is 1790. The number of likely N-dealkylation sites (tertiary alicyclic amines) is 1. The van der Waals surface area contributed by atoms with Crippen LogP contribution in [0.15, 0.2) is 29.8 Å². The first kappa shape index (κ1) is 49.9. The van der Waals surface area contributed by atoms with Crippen LogP contribution in [-0.4, -0.2) is 143 Å². The van der Waals surface area contributed by atoms with Gasteiger partial charge in [-0.2, -0.15) is 0 Å². The molecule has 1 unspecified atom stereocenters. The predicted octanol–water partition coefficient (Wildman–Crippen LogP) is 3.87. The average Bonchev–Trinajstić information content (AvgIpc) is 3.48. The first-order chi connectivity index (χ1) is 30.4. The summed E-state index contributed by atoms with van der Waals surface area (Å²) in [4.78, 5) is 59.0. The molecule has 0 bridgehead atoms. The molecule has 2 fully saturated rings. The van der Waals surface area contributed by atoms with Crippen LogP contribution in [-0.2, 0) is 49.3 Å². The Balaban J connectivity index is 0.841. The lowest BCUT2D eigenvalue weighted by Crippen LogP contribution is -2.57. The minimum absolute atomic E-state index is 0.000925. The number of hydrogen-bond donors (Lipinski definition) is 4. The van der Waals surface area contributed by atoms with Crippen molar-refractivity contribution < 1.29 is 52.7 Å². The Labute approximate surface area is 375 Å². The highest BCUT2D eigenvalue weighted by atomic mass is 32.1. The first-order valence-electron chi connectivity index (χ1n) is 22.2. The van der Waals surface area contributed by atoms with Crippen molar-refractivity contribution in [3.05, 3.63) is 41.0 Å². The van der Waals surface area contributed by atoms with E-state index in [0.717, 1.165) is 47.4 Å². The van der Waals surface area contributed by atoms with Gasteiger partial charge >= 0.3 is 6.09 Å². The number of ether oxygens (including phenoxy) is 6. The van der Waals surface area contributed by atoms with E-state index in [1.807, 2.05) is 57.5 Å². The largest absolute Gasteiger partial charge is 0.449 e. The summed E-state index contributed by atoms with van der Waals surface area (Å²) < 4.78 is 33.1. The van der Waals surface area contributed by atoms with E-state index in [2.05, 4.69) is 32.8 Å². The lowest BCUT2D eigenvalue weighted by atomic mass is 9.85. The van der Waals surface area contributed by atoms with Crippen molar-refractivity contribution in [3.63, 3.8) is 0 Å². The number of hydrogen-bond acceptors (Lipinski definition) is 13. The zero-order valence-corrected chi connectivity index (χ0v) is 38.1. The third kappa shape index (κ3) is 16.7. The van der Waals surface area contributed by atoms with Crippen molar-refractivity contribution in [2.75, 3.05) is 85.8 Å². The number of rotatable bonds is 26. The van der Waals surface area contributed by atoms with Gasteiger partial charge in [-0.1, -0.05) is 45.0 Å². The molecular formula is C46H67N5O11S. The second-order valence-electron chi connectivity index (χ2n) is 17.2. The van der Waals surface area contributed by atoms with Crippen molar-refractivity contribution in [1.29, 1.82) is 0 Å². The van der Waals surface area contributed by atoms with Crippen molar-refractivity contribution in [2.45, 2.75) is 91.0 Å². The number of nitrogens with zero attached hydrogens (tertiary/aromatic N) is 2. The first-order valence-corrected chi connectivity index (χ1v) is 23.1. The van der Waals surface area contributed by atoms with Gasteiger partial charge < -0.3 is 54.4 Å². The number of carbonyl (C=O) groups is 4. The normalized spacial score (nSPS) is 21.0. The molecule has 1 aromatic carbocycles. The number of thiazole rings is 1. The summed E-state index contributed by atoms with van der Waals surface area (Å²) in [5.41, 5.74) is 4.06. The minimum atomic E-state index is -0.922. The Morgan fingerprint density at radius 3 is 2.02 bits per heavy atom. The Morgan fingerprint density at radius 2 is 1.44 bits per heavy atom. The molecule has 6 atom stereocenters. The molecule has 1 aliphatic heterocycles. The topological polar surface area (TPSA) is 196 Å². The van der Waals surface area contributed by atoms with Crippen molar-refractivity contribution >= 4 is 35.2 Å². The summed E-state index contributed by atoms with van der Waals surface area (Å²) in [6, 6.07) is 6.09. The van der Waals surface area contributed by atoms with Gasteiger partial charge in [-0.25, -0.2) is 9.78 Å². The molecule has 1 saturated carbocycles. The van der Waals surface area contributed by atoms with E-state index >= 15 is 0 Å². The number of aliphatic hydroxyl groups excluding tert-OH is 1. The number of carbonyl (C=O) groups excluding carboxylic acids is 4. The number of alkyl carbamates (subject to hydrolysis) is 1. The maximum atomic E-state index is 13.9. The molecule has 4 N–H and O–H groups in total. The van der Waals surface area contributed by atoms with Gasteiger partial charge in [0, 0.05) is 45.3 Å². The van der Waals surface area contributed by atoms with Gasteiger partial charge in [-0.05, 0) is 54.1 Å². The quantitative estimate of drug-likeness (QED) is 0.0788. The van der Waals surface area contributed by atoms with E-state index in [9.17, 15) is 24.3 Å². The van der Waals surface area contributed by atoms with Gasteiger partial charge in [0.2, 0.25) is 17.7 Å². The van der Waals surface area contributed by atoms with Crippen LogP contribution >= 0.6 is 11.3 Å². The van der Waals surface area contributed by atoms with E-state index in [4.69, 9.17) is 28.4 Å². The van der Waals surface area contributed by atoms with Gasteiger partial charge in [-0.15, -0.1) is 23.2 Å². The number of nitrogens with one attached hydrogen (secondary N) is 3. The molecule has 4 amide bonds. The van der Waals surface area contributed by atoms with E-state index in [-0.39, 0.29) is 51.0 Å². The third-order valence-electron chi connectivity index (χ3n) is 11.4. The van der Waals surface area contributed by atoms with Crippen molar-refractivity contribution in [2.24, 2.45) is 23.2 Å². The third-order valence-corrected chi connectivity index (χ3v) is 12.4. The number of aromatic nitrogens is 1. The molecule has 2 aromatic rings. The number of aryl methyl sites for hydroxylation is 1. The molecule has 2 aliphatic carbocycles. The maximum Gasteiger partial charge on any atom is 0.407 e. The predicted molar refractivity (Wildman–Crippen MR) is 236 cm³/mol. The Hall–Kier alpha value is -4.15. The monoisotopic (exact) mass is 897 g/mol. The number of amides is 4. The molecular weight excluding hydrogens is 831 g/mol. The molecule has 1 aromatic heterocycles. The number of aliphatic hydroxyl groups is 1. The molecule has 0 radical (unpaired) electrons. The van der Waals surface area contributed by atoms with Gasteiger partial charge in [0.05, 0.1) is 94.9 Å². The lowest BCUT2D eigenvalue weighted by Gasteiger charge is -2.35. The second kappa shape index (κ2) is 26.0. The van der Waals surface area contributed by atoms with Crippen LogP contribution in [0.2, 0.25) is 0 Å². The summed E-state index contributed by atoms with van der Waals surface area (Å²) in [7, 11) is 0. The van der Waals surface area contributed by atoms with Crippen molar-refractivity contribution in [1.82, 2.24) is 25.8 Å². The molecule has 1 saturated heterocycles. The molecule has 16 nitrogen and oxygen atoms in total. The van der Waals surface area contributed by atoms with Crippen LogP contribution in [0.4, 0.5) is 4.79 Å². The molecule has 0 spiro atoms. The SMILES string of the molecule is Cc1ncsc1-c1ccc(CNC(=O)[C@@H]2C[C@@H](O)CN2C(=O)[C@@H](NC(=O)CCOCCOCCOCCOCCOCCNC(=O)OCC2[C@H]3CCC#CCC[C@@H]23)C(C)(C)C)cc1. The van der Waals surface area contributed by atoms with E-state index < -0.39 is 35.6 Å². The zero-order valence-electron chi connectivity index (χ0n) is 37.3. The van der Waals surface area contributed by atoms with Crippen molar-refractivity contribution in [3.8, 4) is 22.3 Å². The molecule has 3 aliphatic rings. The highest BCUT2D eigenvalue weighted by molar-refractivity contribution is 7.13. The molecule has 5 rings (SSSR count). The van der Waals surface area contributed by atoms with Crippen LogP contribution in [0.3, 0.4) is 0 Å². The molecule has 348 valence electrons. The van der Waals surface area contributed by atoms with Crippen LogP contribution in [0.5, 0.6) is 0 Å². The number of β-amino-alcohol motifs (C(OH)–C–C–N with tert-alkyl or cyclic N) is 1. The van der Waals surface area contributed by atoms with Crippen LogP contribution in [0.1, 0.15) is 70.6 Å². The fourth-order valence-corrected chi connectivity index (χ4v) is 8.70. The van der Waals surface area contributed by atoms with Gasteiger partial charge in [0.1, 0.15) is 12.1 Å². The minimum Gasteiger partial charge on any atom is -0.449 e. The maximum absolute atomic E-state index is 13.9. The van der Waals surface area contributed by atoms with Gasteiger partial charge in [0.25, 0.3) is 0 Å². The summed E-state index contributed by atoms with van der Waals surface area (Å²) in [5, 5.41) is 19.0. The lowest BCUT2D eigenvalue weighted by molar-refractivity contribution is -0.144. The Morgan fingerprint density at radius 1 is 0.857 bits per heavy atom. The summed E-state index contributed by atoms with van der Waals surface area (Å²) in [5.74, 6) is 7.02. The molecule has 2 heterocycles. The van der Waals surface area contributed by atoms with Crippen LogP contribution < -0.4 is 16.0 Å². The highest BCUT2D eigenvalue weighted by Crippen LogP contribution is 2.52. The second-order valence-corrected chi connectivity index (χ2v) is 18.1. The Kier molecular flexibility index (Phi) is 20.6. The molecule has 17 heteroatoms. The van der Waals surface area contributed by atoms with Crippen LogP contribution in [0.25, 0.3) is 10.4 Å².